The third-order valence-corrected chi connectivity index (χ3v) is 3.13. The summed E-state index contributed by atoms with van der Waals surface area (Å²) in [6.45, 7) is 6.39. The van der Waals surface area contributed by atoms with E-state index in [0.29, 0.717) is 23.0 Å². The van der Waals surface area contributed by atoms with Gasteiger partial charge in [-0.1, -0.05) is 25.4 Å². The van der Waals surface area contributed by atoms with E-state index >= 15 is 0 Å². The predicted octanol–water partition coefficient (Wildman–Crippen LogP) is 3.47. The van der Waals surface area contributed by atoms with Crippen molar-refractivity contribution in [1.82, 2.24) is 15.1 Å². The lowest BCUT2D eigenvalue weighted by atomic mass is 10.2. The molecule has 1 aromatic carbocycles. The maximum Gasteiger partial charge on any atom is 0.128 e. The maximum atomic E-state index is 13.6. The van der Waals surface area contributed by atoms with Crippen LogP contribution in [0.3, 0.4) is 0 Å². The van der Waals surface area contributed by atoms with Crippen molar-refractivity contribution in [2.75, 3.05) is 6.54 Å². The Bertz CT molecular complexity index is 566. The first kappa shape index (κ1) is 15.0. The Hall–Kier alpha value is -1.39. The Morgan fingerprint density at radius 3 is 2.90 bits per heavy atom. The van der Waals surface area contributed by atoms with Crippen LogP contribution in [0.1, 0.15) is 25.1 Å². The number of hydrogen-bond acceptors (Lipinski definition) is 2. The van der Waals surface area contributed by atoms with Crippen LogP contribution in [-0.4, -0.2) is 16.3 Å². The molecule has 0 amide bonds. The molecule has 0 saturated carbocycles. The van der Waals surface area contributed by atoms with Crippen molar-refractivity contribution >= 4 is 11.6 Å². The highest BCUT2D eigenvalue weighted by atomic mass is 35.5. The smallest absolute Gasteiger partial charge is 0.128 e. The Morgan fingerprint density at radius 1 is 1.35 bits per heavy atom. The van der Waals surface area contributed by atoms with E-state index in [0.717, 1.165) is 18.8 Å². The van der Waals surface area contributed by atoms with Gasteiger partial charge in [-0.3, -0.25) is 4.68 Å². The molecule has 1 heterocycles. The average molecular weight is 296 g/mol. The van der Waals surface area contributed by atoms with Crippen molar-refractivity contribution in [2.45, 2.75) is 26.9 Å². The third kappa shape index (κ3) is 4.32. The Labute approximate surface area is 123 Å². The largest absolute Gasteiger partial charge is 0.311 e. The molecule has 2 rings (SSSR count). The normalized spacial score (nSPS) is 11.2. The highest BCUT2D eigenvalue weighted by molar-refractivity contribution is 6.30. The van der Waals surface area contributed by atoms with Crippen LogP contribution >= 0.6 is 11.6 Å². The summed E-state index contributed by atoms with van der Waals surface area (Å²) in [4.78, 5) is 0. The summed E-state index contributed by atoms with van der Waals surface area (Å²) in [6.07, 6.45) is 1.85. The van der Waals surface area contributed by atoms with E-state index in [4.69, 9.17) is 11.6 Å². The second kappa shape index (κ2) is 6.86. The summed E-state index contributed by atoms with van der Waals surface area (Å²) in [7, 11) is 0. The van der Waals surface area contributed by atoms with Crippen molar-refractivity contribution in [3.63, 3.8) is 0 Å². The molecule has 1 aromatic heterocycles. The molecule has 0 spiro atoms. The number of rotatable bonds is 6. The van der Waals surface area contributed by atoms with Crippen molar-refractivity contribution in [3.05, 3.63) is 52.6 Å². The van der Waals surface area contributed by atoms with Gasteiger partial charge in [0.1, 0.15) is 5.82 Å². The van der Waals surface area contributed by atoms with Crippen molar-refractivity contribution < 1.29 is 4.39 Å². The SMILES string of the molecule is CC(C)CNCc1ccn(Cc2cc(Cl)ccc2F)n1. The molecular formula is C15H19ClFN3. The van der Waals surface area contributed by atoms with Gasteiger partial charge in [0.2, 0.25) is 0 Å². The zero-order chi connectivity index (χ0) is 14.5. The highest BCUT2D eigenvalue weighted by Gasteiger charge is 2.06. The lowest BCUT2D eigenvalue weighted by Crippen LogP contribution is -2.19. The van der Waals surface area contributed by atoms with Gasteiger partial charge in [-0.25, -0.2) is 4.39 Å². The summed E-state index contributed by atoms with van der Waals surface area (Å²) in [5.74, 6) is 0.349. The van der Waals surface area contributed by atoms with E-state index in [1.54, 1.807) is 16.8 Å². The number of nitrogens with one attached hydrogen (secondary N) is 1. The van der Waals surface area contributed by atoms with Gasteiger partial charge in [0.15, 0.2) is 0 Å². The van der Waals surface area contributed by atoms with E-state index in [1.165, 1.54) is 6.07 Å². The van der Waals surface area contributed by atoms with Gasteiger partial charge >= 0.3 is 0 Å². The summed E-state index contributed by atoms with van der Waals surface area (Å²) >= 11 is 5.88. The molecule has 5 heteroatoms. The molecule has 0 bridgehead atoms. The minimum absolute atomic E-state index is 0.260. The average Bonchev–Trinajstić information content (AvgIpc) is 2.81. The molecule has 0 fully saturated rings. The zero-order valence-electron chi connectivity index (χ0n) is 11.7. The number of nitrogens with zero attached hydrogens (tertiary/aromatic N) is 2. The Kier molecular flexibility index (Phi) is 5.15. The highest BCUT2D eigenvalue weighted by Crippen LogP contribution is 2.15. The summed E-state index contributed by atoms with van der Waals surface area (Å²) in [6, 6.07) is 6.50. The lowest BCUT2D eigenvalue weighted by molar-refractivity contribution is 0.540. The van der Waals surface area contributed by atoms with Gasteiger partial charge in [-0.15, -0.1) is 0 Å². The fraction of sp³-hybridized carbons (Fsp3) is 0.400. The molecule has 108 valence electrons. The van der Waals surface area contributed by atoms with Gasteiger partial charge in [-0.2, -0.15) is 5.10 Å². The molecule has 0 unspecified atom stereocenters. The second-order valence-corrected chi connectivity index (χ2v) is 5.70. The molecule has 20 heavy (non-hydrogen) atoms. The minimum atomic E-state index is -0.260. The summed E-state index contributed by atoms with van der Waals surface area (Å²) < 4.78 is 15.4. The number of aromatic nitrogens is 2. The van der Waals surface area contributed by atoms with Crippen LogP contribution in [0.5, 0.6) is 0 Å². The van der Waals surface area contributed by atoms with Gasteiger partial charge in [0, 0.05) is 23.3 Å². The lowest BCUT2D eigenvalue weighted by Gasteiger charge is -2.06. The first-order valence-electron chi connectivity index (χ1n) is 6.71. The number of benzene rings is 1. The molecule has 0 aliphatic heterocycles. The van der Waals surface area contributed by atoms with Crippen LogP contribution in [0.15, 0.2) is 30.5 Å². The molecule has 3 nitrogen and oxygen atoms in total. The molecule has 0 saturated heterocycles. The molecule has 2 aromatic rings. The van der Waals surface area contributed by atoms with Crippen LogP contribution in [0.4, 0.5) is 4.39 Å². The van der Waals surface area contributed by atoms with Crippen molar-refractivity contribution in [2.24, 2.45) is 5.92 Å². The van der Waals surface area contributed by atoms with E-state index in [2.05, 4.69) is 24.3 Å². The Balaban J connectivity index is 1.97. The van der Waals surface area contributed by atoms with E-state index < -0.39 is 0 Å². The minimum Gasteiger partial charge on any atom is -0.311 e. The van der Waals surface area contributed by atoms with Crippen LogP contribution in [0.2, 0.25) is 5.02 Å². The number of halogens is 2. The topological polar surface area (TPSA) is 29.9 Å². The van der Waals surface area contributed by atoms with E-state index in [9.17, 15) is 4.39 Å². The first-order valence-corrected chi connectivity index (χ1v) is 7.09. The standard InChI is InChI=1S/C15H19ClFN3/c1-11(2)8-18-9-14-5-6-20(19-14)10-12-7-13(16)3-4-15(12)17/h3-7,11,18H,8-10H2,1-2H3. The van der Waals surface area contributed by atoms with Gasteiger partial charge in [0.25, 0.3) is 0 Å². The fourth-order valence-electron chi connectivity index (χ4n) is 1.91. The quantitative estimate of drug-likeness (QED) is 0.884. The van der Waals surface area contributed by atoms with Crippen LogP contribution in [0.25, 0.3) is 0 Å². The maximum absolute atomic E-state index is 13.6. The fourth-order valence-corrected chi connectivity index (χ4v) is 2.11. The zero-order valence-corrected chi connectivity index (χ0v) is 12.5. The van der Waals surface area contributed by atoms with Crippen LogP contribution in [0, 0.1) is 11.7 Å². The number of hydrogen-bond donors (Lipinski definition) is 1. The third-order valence-electron chi connectivity index (χ3n) is 2.89. The molecule has 0 atom stereocenters. The molecule has 0 radical (unpaired) electrons. The van der Waals surface area contributed by atoms with Crippen molar-refractivity contribution in [1.29, 1.82) is 0 Å². The summed E-state index contributed by atoms with van der Waals surface area (Å²) in [5.41, 5.74) is 1.50. The van der Waals surface area contributed by atoms with Crippen LogP contribution in [-0.2, 0) is 13.1 Å². The molecular weight excluding hydrogens is 277 g/mol. The summed E-state index contributed by atoms with van der Waals surface area (Å²) in [5, 5.41) is 8.28. The first-order chi connectivity index (χ1) is 9.54. The molecule has 0 aliphatic rings. The monoisotopic (exact) mass is 295 g/mol. The molecule has 0 aliphatic carbocycles. The van der Waals surface area contributed by atoms with Crippen LogP contribution < -0.4 is 5.32 Å². The van der Waals surface area contributed by atoms with E-state index in [-0.39, 0.29) is 5.82 Å². The molecule has 1 N–H and O–H groups in total. The Morgan fingerprint density at radius 2 is 2.15 bits per heavy atom. The van der Waals surface area contributed by atoms with Gasteiger partial charge < -0.3 is 5.32 Å². The second-order valence-electron chi connectivity index (χ2n) is 5.27. The van der Waals surface area contributed by atoms with Crippen molar-refractivity contribution in [3.8, 4) is 0 Å². The van der Waals surface area contributed by atoms with Gasteiger partial charge in [-0.05, 0) is 36.7 Å². The van der Waals surface area contributed by atoms with E-state index in [1.807, 2.05) is 12.3 Å². The predicted molar refractivity (Wildman–Crippen MR) is 79.3 cm³/mol. The van der Waals surface area contributed by atoms with Gasteiger partial charge in [0.05, 0.1) is 12.2 Å².